The van der Waals surface area contributed by atoms with Gasteiger partial charge in [-0.2, -0.15) is 0 Å². The minimum Gasteiger partial charge on any atom is -0.396 e. The first-order valence-electron chi connectivity index (χ1n) is 8.71. The van der Waals surface area contributed by atoms with Crippen molar-refractivity contribution in [1.29, 1.82) is 0 Å². The fourth-order valence-corrected chi connectivity index (χ4v) is 2.61. The molecule has 0 fully saturated rings. The summed E-state index contributed by atoms with van der Waals surface area (Å²) in [5, 5.41) is 16.8. The van der Waals surface area contributed by atoms with Crippen LogP contribution in [0.3, 0.4) is 0 Å². The molecule has 2 aromatic carbocycles. The highest BCUT2D eigenvalue weighted by Gasteiger charge is 2.18. The molecular weight excluding hydrogens is 316 g/mol. The number of hydrogen-bond acceptors (Lipinski definition) is 3. The van der Waals surface area contributed by atoms with Crippen molar-refractivity contribution < 1.29 is 14.7 Å². The average Bonchev–Trinajstić information content (AvgIpc) is 2.60. The second-order valence-electron chi connectivity index (χ2n) is 6.48. The predicted octanol–water partition coefficient (Wildman–Crippen LogP) is 3.33. The molecule has 2 aromatic rings. The van der Waals surface area contributed by atoms with Gasteiger partial charge in [0.2, 0.25) is 5.91 Å². The number of benzene rings is 2. The smallest absolute Gasteiger partial charge is 0.253 e. The van der Waals surface area contributed by atoms with Crippen LogP contribution in [-0.4, -0.2) is 29.6 Å². The Balaban J connectivity index is 2.40. The maximum Gasteiger partial charge on any atom is 0.253 e. The average molecular weight is 342 g/mol. The molecule has 134 valence electrons. The van der Waals surface area contributed by atoms with E-state index in [-0.39, 0.29) is 30.4 Å². The summed E-state index contributed by atoms with van der Waals surface area (Å²) in [6.07, 6.45) is 1.23. The van der Waals surface area contributed by atoms with Gasteiger partial charge in [-0.25, -0.2) is 0 Å². The van der Waals surface area contributed by atoms with Gasteiger partial charge in [0, 0.05) is 18.6 Å². The first kappa shape index (κ1) is 18.9. The third-order valence-corrected chi connectivity index (χ3v) is 4.22. The Morgan fingerprint density at radius 3 is 2.32 bits per heavy atom. The Bertz CT molecular complexity index is 756. The summed E-state index contributed by atoms with van der Waals surface area (Å²) in [7, 11) is 0. The standard InChI is InChI=1S/C20H26N2O3/c1-4-16(9-10-23)21-20(25)17-11-14-7-5-6-8-15(14)12-18(17)22-19(24)13(2)3/h5-8,11-13,16,23H,4,9-10H2,1-3H3,(H,21,25)(H,22,24). The molecule has 0 aromatic heterocycles. The molecule has 0 heterocycles. The van der Waals surface area contributed by atoms with Crippen LogP contribution >= 0.6 is 0 Å². The van der Waals surface area contributed by atoms with Gasteiger partial charge in [-0.15, -0.1) is 0 Å². The summed E-state index contributed by atoms with van der Waals surface area (Å²) in [5.74, 6) is -0.558. The minimum atomic E-state index is -0.245. The van der Waals surface area contributed by atoms with Crippen molar-refractivity contribution in [3.63, 3.8) is 0 Å². The Morgan fingerprint density at radius 2 is 1.76 bits per heavy atom. The largest absolute Gasteiger partial charge is 0.396 e. The summed E-state index contributed by atoms with van der Waals surface area (Å²) in [5.41, 5.74) is 0.942. The molecule has 2 rings (SSSR count). The van der Waals surface area contributed by atoms with Gasteiger partial charge in [0.05, 0.1) is 11.3 Å². The lowest BCUT2D eigenvalue weighted by Gasteiger charge is -2.18. The van der Waals surface area contributed by atoms with Gasteiger partial charge in [-0.3, -0.25) is 9.59 Å². The lowest BCUT2D eigenvalue weighted by molar-refractivity contribution is -0.118. The van der Waals surface area contributed by atoms with Gasteiger partial charge in [0.1, 0.15) is 0 Å². The van der Waals surface area contributed by atoms with E-state index in [2.05, 4.69) is 10.6 Å². The zero-order valence-corrected chi connectivity index (χ0v) is 15.0. The van der Waals surface area contributed by atoms with Crippen molar-refractivity contribution in [2.45, 2.75) is 39.7 Å². The van der Waals surface area contributed by atoms with Crippen LogP contribution < -0.4 is 10.6 Å². The van der Waals surface area contributed by atoms with E-state index in [0.717, 1.165) is 17.2 Å². The number of rotatable bonds is 7. The number of aliphatic hydroxyl groups excluding tert-OH is 1. The van der Waals surface area contributed by atoms with Gasteiger partial charge < -0.3 is 15.7 Å². The molecular formula is C20H26N2O3. The van der Waals surface area contributed by atoms with Crippen molar-refractivity contribution in [2.75, 3.05) is 11.9 Å². The molecule has 3 N–H and O–H groups in total. The van der Waals surface area contributed by atoms with Crippen LogP contribution in [-0.2, 0) is 4.79 Å². The number of anilines is 1. The molecule has 0 aliphatic carbocycles. The first-order chi connectivity index (χ1) is 12.0. The highest BCUT2D eigenvalue weighted by atomic mass is 16.3. The van der Waals surface area contributed by atoms with Crippen molar-refractivity contribution >= 4 is 28.3 Å². The Hall–Kier alpha value is -2.40. The van der Waals surface area contributed by atoms with E-state index in [9.17, 15) is 9.59 Å². The molecule has 0 saturated heterocycles. The number of amides is 2. The Morgan fingerprint density at radius 1 is 1.12 bits per heavy atom. The van der Waals surface area contributed by atoms with Crippen LogP contribution in [0.1, 0.15) is 44.0 Å². The van der Waals surface area contributed by atoms with E-state index < -0.39 is 0 Å². The second kappa shape index (κ2) is 8.62. The Kier molecular flexibility index (Phi) is 6.53. The highest BCUT2D eigenvalue weighted by Crippen LogP contribution is 2.25. The third kappa shape index (κ3) is 4.79. The van der Waals surface area contributed by atoms with E-state index >= 15 is 0 Å². The summed E-state index contributed by atoms with van der Waals surface area (Å²) < 4.78 is 0. The van der Waals surface area contributed by atoms with Gasteiger partial charge in [0.15, 0.2) is 0 Å². The number of carbonyl (C=O) groups is 2. The molecule has 0 spiro atoms. The number of carbonyl (C=O) groups excluding carboxylic acids is 2. The third-order valence-electron chi connectivity index (χ3n) is 4.22. The minimum absolute atomic E-state index is 0.0213. The summed E-state index contributed by atoms with van der Waals surface area (Å²) in [6, 6.07) is 11.2. The zero-order valence-electron chi connectivity index (χ0n) is 15.0. The van der Waals surface area contributed by atoms with E-state index in [1.54, 1.807) is 6.07 Å². The van der Waals surface area contributed by atoms with E-state index in [4.69, 9.17) is 5.11 Å². The molecule has 0 saturated carbocycles. The number of aliphatic hydroxyl groups is 1. The molecule has 1 unspecified atom stereocenters. The predicted molar refractivity (Wildman–Crippen MR) is 101 cm³/mol. The first-order valence-corrected chi connectivity index (χ1v) is 8.71. The van der Waals surface area contributed by atoms with E-state index in [0.29, 0.717) is 17.7 Å². The zero-order chi connectivity index (χ0) is 18.4. The van der Waals surface area contributed by atoms with Crippen molar-refractivity contribution in [2.24, 2.45) is 5.92 Å². The molecule has 0 aliphatic rings. The Labute approximate surface area is 148 Å². The van der Waals surface area contributed by atoms with Crippen LogP contribution in [0, 0.1) is 5.92 Å². The van der Waals surface area contributed by atoms with Crippen LogP contribution in [0.15, 0.2) is 36.4 Å². The molecule has 0 bridgehead atoms. The van der Waals surface area contributed by atoms with Crippen LogP contribution in [0.4, 0.5) is 5.69 Å². The molecule has 1 atom stereocenters. The normalized spacial score (nSPS) is 12.2. The maximum absolute atomic E-state index is 12.8. The maximum atomic E-state index is 12.8. The van der Waals surface area contributed by atoms with E-state index in [1.807, 2.05) is 51.1 Å². The van der Waals surface area contributed by atoms with Crippen LogP contribution in [0.25, 0.3) is 10.8 Å². The molecule has 25 heavy (non-hydrogen) atoms. The van der Waals surface area contributed by atoms with E-state index in [1.165, 1.54) is 0 Å². The van der Waals surface area contributed by atoms with Gasteiger partial charge in [0.25, 0.3) is 5.91 Å². The summed E-state index contributed by atoms with van der Waals surface area (Å²) >= 11 is 0. The number of nitrogens with one attached hydrogen (secondary N) is 2. The van der Waals surface area contributed by atoms with Gasteiger partial charge >= 0.3 is 0 Å². The van der Waals surface area contributed by atoms with Crippen molar-refractivity contribution in [3.8, 4) is 0 Å². The summed E-state index contributed by atoms with van der Waals surface area (Å²) in [6.45, 7) is 5.60. The summed E-state index contributed by atoms with van der Waals surface area (Å²) in [4.78, 5) is 24.9. The highest BCUT2D eigenvalue weighted by molar-refractivity contribution is 6.08. The molecule has 2 amide bonds. The number of fused-ring (bicyclic) bond motifs is 1. The second-order valence-corrected chi connectivity index (χ2v) is 6.48. The van der Waals surface area contributed by atoms with Crippen molar-refractivity contribution in [3.05, 3.63) is 42.0 Å². The lowest BCUT2D eigenvalue weighted by atomic mass is 10.0. The fourth-order valence-electron chi connectivity index (χ4n) is 2.61. The quantitative estimate of drug-likeness (QED) is 0.722. The number of hydrogen-bond donors (Lipinski definition) is 3. The van der Waals surface area contributed by atoms with Gasteiger partial charge in [-0.1, -0.05) is 45.0 Å². The van der Waals surface area contributed by atoms with Crippen LogP contribution in [0.5, 0.6) is 0 Å². The van der Waals surface area contributed by atoms with Gasteiger partial charge in [-0.05, 0) is 35.7 Å². The molecule has 0 aliphatic heterocycles. The fraction of sp³-hybridized carbons (Fsp3) is 0.400. The topological polar surface area (TPSA) is 78.4 Å². The molecule has 5 heteroatoms. The molecule has 0 radical (unpaired) electrons. The SMILES string of the molecule is CCC(CCO)NC(=O)c1cc2ccccc2cc1NC(=O)C(C)C. The lowest BCUT2D eigenvalue weighted by Crippen LogP contribution is -2.35. The molecule has 5 nitrogen and oxygen atoms in total. The van der Waals surface area contributed by atoms with Crippen LogP contribution in [0.2, 0.25) is 0 Å². The monoisotopic (exact) mass is 342 g/mol. The van der Waals surface area contributed by atoms with Crippen molar-refractivity contribution in [1.82, 2.24) is 5.32 Å².